The molecule has 1 heterocycles. The standard InChI is InChI=1S/C8H15N3O2S/c12-3-1-8-7-11(10-9-8)2-4-13-5-6-14/h7,12,14H,1-6H2. The van der Waals surface area contributed by atoms with Crippen molar-refractivity contribution in [2.24, 2.45) is 0 Å². The fourth-order valence-electron chi connectivity index (χ4n) is 1.00. The Bertz CT molecular complexity index is 254. The van der Waals surface area contributed by atoms with E-state index in [1.54, 1.807) is 4.68 Å². The van der Waals surface area contributed by atoms with Gasteiger partial charge in [-0.3, -0.25) is 0 Å². The van der Waals surface area contributed by atoms with Crippen molar-refractivity contribution in [2.45, 2.75) is 13.0 Å². The third-order valence-electron chi connectivity index (χ3n) is 1.65. The van der Waals surface area contributed by atoms with Gasteiger partial charge in [-0.2, -0.15) is 12.6 Å². The molecule has 14 heavy (non-hydrogen) atoms. The SMILES string of the molecule is OCCc1cn(CCOCCS)nn1. The minimum Gasteiger partial charge on any atom is -0.396 e. The van der Waals surface area contributed by atoms with E-state index in [2.05, 4.69) is 22.9 Å². The zero-order chi connectivity index (χ0) is 10.2. The molecule has 80 valence electrons. The molecule has 0 spiro atoms. The highest BCUT2D eigenvalue weighted by Crippen LogP contribution is 1.93. The molecule has 0 unspecified atom stereocenters. The number of hydrogen-bond donors (Lipinski definition) is 2. The molecule has 0 aliphatic heterocycles. The molecule has 0 fully saturated rings. The summed E-state index contributed by atoms with van der Waals surface area (Å²) in [6.45, 7) is 2.06. The molecule has 0 saturated heterocycles. The first-order chi connectivity index (χ1) is 6.86. The number of ether oxygens (including phenoxy) is 1. The van der Waals surface area contributed by atoms with Crippen LogP contribution >= 0.6 is 12.6 Å². The molecule has 5 nitrogen and oxygen atoms in total. The van der Waals surface area contributed by atoms with Gasteiger partial charge < -0.3 is 9.84 Å². The van der Waals surface area contributed by atoms with Crippen molar-refractivity contribution in [3.8, 4) is 0 Å². The summed E-state index contributed by atoms with van der Waals surface area (Å²) >= 11 is 4.03. The number of rotatable bonds is 7. The summed E-state index contributed by atoms with van der Waals surface area (Å²) in [5.74, 6) is 0.729. The van der Waals surface area contributed by atoms with E-state index >= 15 is 0 Å². The van der Waals surface area contributed by atoms with Gasteiger partial charge >= 0.3 is 0 Å². The van der Waals surface area contributed by atoms with Crippen LogP contribution in [0, 0.1) is 0 Å². The lowest BCUT2D eigenvalue weighted by Gasteiger charge is -2.00. The Hall–Kier alpha value is -0.590. The number of aliphatic hydroxyl groups excluding tert-OH is 1. The van der Waals surface area contributed by atoms with Crippen molar-refractivity contribution in [3.05, 3.63) is 11.9 Å². The molecule has 0 aliphatic carbocycles. The quantitative estimate of drug-likeness (QED) is 0.489. The summed E-state index contributed by atoms with van der Waals surface area (Å²) < 4.78 is 6.95. The maximum absolute atomic E-state index is 8.66. The van der Waals surface area contributed by atoms with Crippen LogP contribution in [0.4, 0.5) is 0 Å². The van der Waals surface area contributed by atoms with Gasteiger partial charge in [0, 0.05) is 25.0 Å². The second-order valence-corrected chi connectivity index (χ2v) is 3.23. The third-order valence-corrected chi connectivity index (χ3v) is 1.84. The van der Waals surface area contributed by atoms with Crippen molar-refractivity contribution in [3.63, 3.8) is 0 Å². The van der Waals surface area contributed by atoms with Crippen LogP contribution in [0.3, 0.4) is 0 Å². The van der Waals surface area contributed by atoms with Gasteiger partial charge in [-0.15, -0.1) is 5.10 Å². The highest BCUT2D eigenvalue weighted by atomic mass is 32.1. The van der Waals surface area contributed by atoms with Crippen molar-refractivity contribution in [1.29, 1.82) is 0 Å². The van der Waals surface area contributed by atoms with Crippen LogP contribution in [0.15, 0.2) is 6.20 Å². The van der Waals surface area contributed by atoms with Crippen LogP contribution < -0.4 is 0 Å². The average Bonchev–Trinajstić information content (AvgIpc) is 2.61. The van der Waals surface area contributed by atoms with E-state index in [1.807, 2.05) is 6.20 Å². The van der Waals surface area contributed by atoms with Gasteiger partial charge in [0.2, 0.25) is 0 Å². The highest BCUT2D eigenvalue weighted by molar-refractivity contribution is 7.80. The summed E-state index contributed by atoms with van der Waals surface area (Å²) in [7, 11) is 0. The molecule has 1 aromatic rings. The Balaban J connectivity index is 2.22. The minimum atomic E-state index is 0.106. The maximum Gasteiger partial charge on any atom is 0.0849 e. The van der Waals surface area contributed by atoms with E-state index < -0.39 is 0 Å². The van der Waals surface area contributed by atoms with Crippen LogP contribution in [0.1, 0.15) is 5.69 Å². The first-order valence-corrected chi connectivity index (χ1v) is 5.18. The van der Waals surface area contributed by atoms with Crippen LogP contribution in [0.2, 0.25) is 0 Å². The van der Waals surface area contributed by atoms with Crippen molar-refractivity contribution < 1.29 is 9.84 Å². The Morgan fingerprint density at radius 1 is 1.50 bits per heavy atom. The third kappa shape index (κ3) is 4.08. The number of nitrogens with zero attached hydrogens (tertiary/aromatic N) is 3. The van der Waals surface area contributed by atoms with E-state index in [0.717, 1.165) is 11.4 Å². The Morgan fingerprint density at radius 3 is 3.07 bits per heavy atom. The van der Waals surface area contributed by atoms with Gasteiger partial charge in [0.15, 0.2) is 0 Å². The molecule has 0 aliphatic rings. The highest BCUT2D eigenvalue weighted by Gasteiger charge is 1.99. The summed E-state index contributed by atoms with van der Waals surface area (Å²) in [4.78, 5) is 0. The second kappa shape index (κ2) is 6.80. The van der Waals surface area contributed by atoms with E-state index in [-0.39, 0.29) is 6.61 Å². The van der Waals surface area contributed by atoms with Gasteiger partial charge in [-0.25, -0.2) is 4.68 Å². The number of aromatic nitrogens is 3. The molecule has 0 bridgehead atoms. The van der Waals surface area contributed by atoms with E-state index in [9.17, 15) is 0 Å². The smallest absolute Gasteiger partial charge is 0.0849 e. The van der Waals surface area contributed by atoms with Gasteiger partial charge in [0.1, 0.15) is 0 Å². The topological polar surface area (TPSA) is 60.2 Å². The van der Waals surface area contributed by atoms with E-state index in [1.165, 1.54) is 0 Å². The molecule has 0 aromatic carbocycles. The molecule has 6 heteroatoms. The molecule has 1 N–H and O–H groups in total. The maximum atomic E-state index is 8.66. The molecule has 0 atom stereocenters. The lowest BCUT2D eigenvalue weighted by Crippen LogP contribution is -2.07. The second-order valence-electron chi connectivity index (χ2n) is 2.78. The van der Waals surface area contributed by atoms with Crippen LogP contribution in [-0.4, -0.2) is 45.7 Å². The summed E-state index contributed by atoms with van der Waals surface area (Å²) in [6.07, 6.45) is 2.37. The van der Waals surface area contributed by atoms with Crippen molar-refractivity contribution >= 4 is 12.6 Å². The number of hydrogen-bond acceptors (Lipinski definition) is 5. The fraction of sp³-hybridized carbons (Fsp3) is 0.750. The monoisotopic (exact) mass is 217 g/mol. The number of aliphatic hydroxyl groups is 1. The van der Waals surface area contributed by atoms with Gasteiger partial charge in [-0.05, 0) is 0 Å². The van der Waals surface area contributed by atoms with Crippen LogP contribution in [-0.2, 0) is 17.7 Å². The average molecular weight is 217 g/mol. The Kier molecular flexibility index (Phi) is 5.58. The molecular formula is C8H15N3O2S. The summed E-state index contributed by atoms with van der Waals surface area (Å²) in [5, 5.41) is 16.4. The lowest BCUT2D eigenvalue weighted by molar-refractivity contribution is 0.138. The predicted molar refractivity (Wildman–Crippen MR) is 55.5 cm³/mol. The van der Waals surface area contributed by atoms with E-state index in [0.29, 0.717) is 26.2 Å². The summed E-state index contributed by atoms with van der Waals surface area (Å²) in [6, 6.07) is 0. The van der Waals surface area contributed by atoms with Gasteiger partial charge in [-0.1, -0.05) is 5.21 Å². The first kappa shape index (κ1) is 11.5. The molecule has 0 radical (unpaired) electrons. The zero-order valence-electron chi connectivity index (χ0n) is 7.96. The molecule has 0 amide bonds. The van der Waals surface area contributed by atoms with Gasteiger partial charge in [0.25, 0.3) is 0 Å². The Labute approximate surface area is 88.5 Å². The fourth-order valence-corrected chi connectivity index (χ4v) is 1.13. The Morgan fingerprint density at radius 2 is 2.36 bits per heavy atom. The van der Waals surface area contributed by atoms with Gasteiger partial charge in [0.05, 0.1) is 25.5 Å². The van der Waals surface area contributed by atoms with Crippen molar-refractivity contribution in [2.75, 3.05) is 25.6 Å². The minimum absolute atomic E-state index is 0.106. The largest absolute Gasteiger partial charge is 0.396 e. The normalized spacial score (nSPS) is 10.7. The first-order valence-electron chi connectivity index (χ1n) is 4.55. The molecule has 1 rings (SSSR count). The lowest BCUT2D eigenvalue weighted by atomic mass is 10.3. The van der Waals surface area contributed by atoms with Crippen LogP contribution in [0.25, 0.3) is 0 Å². The molecular weight excluding hydrogens is 202 g/mol. The van der Waals surface area contributed by atoms with Crippen LogP contribution in [0.5, 0.6) is 0 Å². The number of thiol groups is 1. The zero-order valence-corrected chi connectivity index (χ0v) is 8.86. The molecule has 1 aromatic heterocycles. The summed E-state index contributed by atoms with van der Waals surface area (Å²) in [5.41, 5.74) is 0.807. The van der Waals surface area contributed by atoms with Crippen molar-refractivity contribution in [1.82, 2.24) is 15.0 Å². The predicted octanol–water partition coefficient (Wildman–Crippen LogP) is -0.241. The molecule has 0 saturated carbocycles. The van der Waals surface area contributed by atoms with E-state index in [4.69, 9.17) is 9.84 Å².